The summed E-state index contributed by atoms with van der Waals surface area (Å²) in [6, 6.07) is 1.71. The van der Waals surface area contributed by atoms with E-state index in [0.29, 0.717) is 48.9 Å². The molecule has 5 rings (SSSR count). The molecule has 2 aromatic rings. The minimum atomic E-state index is -1.37. The van der Waals surface area contributed by atoms with Crippen LogP contribution in [0, 0.1) is 0 Å². The maximum absolute atomic E-state index is 12.3. The molecule has 0 aliphatic carbocycles. The number of oxazole rings is 1. The van der Waals surface area contributed by atoms with Gasteiger partial charge < -0.3 is 24.0 Å². The van der Waals surface area contributed by atoms with Gasteiger partial charge in [0.05, 0.1) is 41.8 Å². The second-order valence-corrected chi connectivity index (χ2v) is 7.67. The molecule has 2 aromatic heterocycles. The van der Waals surface area contributed by atoms with Gasteiger partial charge in [-0.05, 0) is 18.4 Å². The van der Waals surface area contributed by atoms with Crippen molar-refractivity contribution in [2.45, 2.75) is 25.3 Å². The van der Waals surface area contributed by atoms with Gasteiger partial charge >= 0.3 is 35.7 Å². The van der Waals surface area contributed by atoms with Gasteiger partial charge in [0, 0.05) is 19.0 Å². The van der Waals surface area contributed by atoms with Crippen LogP contribution in [-0.4, -0.2) is 55.9 Å². The zero-order valence-electron chi connectivity index (χ0n) is 16.3. The van der Waals surface area contributed by atoms with Gasteiger partial charge in [0.2, 0.25) is 5.71 Å². The van der Waals surface area contributed by atoms with E-state index < -0.39 is 5.97 Å². The van der Waals surface area contributed by atoms with Crippen LogP contribution in [0.15, 0.2) is 27.2 Å². The molecule has 0 aromatic carbocycles. The fourth-order valence-electron chi connectivity index (χ4n) is 3.67. The third-order valence-corrected chi connectivity index (χ3v) is 6.11. The fourth-order valence-corrected chi connectivity index (χ4v) is 4.79. The Morgan fingerprint density at radius 1 is 1.47 bits per heavy atom. The number of aromatic nitrogens is 2. The molecule has 0 spiro atoms. The van der Waals surface area contributed by atoms with E-state index in [-0.39, 0.29) is 52.6 Å². The van der Waals surface area contributed by atoms with Crippen molar-refractivity contribution in [1.82, 2.24) is 19.4 Å². The van der Waals surface area contributed by atoms with Crippen LogP contribution in [0.2, 0.25) is 0 Å². The molecule has 3 aliphatic rings. The van der Waals surface area contributed by atoms with Crippen LogP contribution in [0.1, 0.15) is 24.1 Å². The number of nitrogens with zero attached hydrogens (tertiary/aromatic N) is 4. The fraction of sp³-hybridized carbons (Fsp3) is 0.333. The molecule has 10 nitrogen and oxygen atoms in total. The van der Waals surface area contributed by atoms with Gasteiger partial charge in [-0.25, -0.2) is 9.31 Å². The minimum Gasteiger partial charge on any atom is -0.543 e. The van der Waals surface area contributed by atoms with E-state index >= 15 is 0 Å². The number of carboxylic acid groups (broad SMARTS) is 1. The van der Waals surface area contributed by atoms with Crippen LogP contribution in [0.5, 0.6) is 0 Å². The average Bonchev–Trinajstić information content (AvgIpc) is 3.36. The summed E-state index contributed by atoms with van der Waals surface area (Å²) in [5, 5.41) is 16.6. The number of amides is 2. The first-order chi connectivity index (χ1) is 14.0. The Kier molecular flexibility index (Phi) is 5.47. The van der Waals surface area contributed by atoms with Gasteiger partial charge in [-0.3, -0.25) is 9.69 Å². The number of ether oxygens (including phenoxy) is 1. The Morgan fingerprint density at radius 3 is 3.00 bits per heavy atom. The zero-order valence-corrected chi connectivity index (χ0v) is 19.1. The van der Waals surface area contributed by atoms with Crippen LogP contribution in [0.25, 0.3) is 11.8 Å². The number of thioether (sulfide) groups is 1. The SMILES string of the molecule is CCOC(=O)N1CCc2c(oc3cc(/C=C4/C(=O)N5C(C(=O)[O-])=CS[C@H]45)nn23)C1.[Na+]. The van der Waals surface area contributed by atoms with Crippen LogP contribution in [0.3, 0.4) is 0 Å². The first-order valence-corrected chi connectivity index (χ1v) is 9.96. The number of hydrogen-bond donors (Lipinski definition) is 0. The third kappa shape index (κ3) is 3.16. The van der Waals surface area contributed by atoms with E-state index in [4.69, 9.17) is 9.15 Å². The normalized spacial score (nSPS) is 21.1. The molecule has 30 heavy (non-hydrogen) atoms. The van der Waals surface area contributed by atoms with Crippen LogP contribution in [-0.2, 0) is 27.3 Å². The van der Waals surface area contributed by atoms with Crippen LogP contribution < -0.4 is 34.7 Å². The second-order valence-electron chi connectivity index (χ2n) is 6.72. The number of hydrogen-bond acceptors (Lipinski definition) is 8. The monoisotopic (exact) mass is 438 g/mol. The molecule has 1 atom stereocenters. The van der Waals surface area contributed by atoms with E-state index in [1.165, 1.54) is 22.1 Å². The quantitative estimate of drug-likeness (QED) is 0.289. The number of aliphatic carboxylic acids is 1. The molecule has 12 heteroatoms. The Morgan fingerprint density at radius 2 is 2.27 bits per heavy atom. The molecule has 1 fully saturated rings. The summed E-state index contributed by atoms with van der Waals surface area (Å²) in [5.74, 6) is -1.08. The van der Waals surface area contributed by atoms with Crippen molar-refractivity contribution >= 4 is 41.5 Å². The van der Waals surface area contributed by atoms with Crippen molar-refractivity contribution in [2.75, 3.05) is 13.2 Å². The van der Waals surface area contributed by atoms with E-state index in [1.54, 1.807) is 28.5 Å². The van der Waals surface area contributed by atoms with Gasteiger partial charge in [-0.15, -0.1) is 11.8 Å². The number of carboxylic acids is 1. The number of rotatable bonds is 3. The third-order valence-electron chi connectivity index (χ3n) is 5.03. The summed E-state index contributed by atoms with van der Waals surface area (Å²) in [5.41, 5.74) is 2.31. The molecular weight excluding hydrogens is 423 g/mol. The Hall–Kier alpha value is -2.21. The molecule has 5 heterocycles. The molecule has 0 saturated carbocycles. The number of carbonyl (C=O) groups is 3. The number of carbonyl (C=O) groups excluding carboxylic acids is 3. The van der Waals surface area contributed by atoms with Crippen molar-refractivity contribution in [3.05, 3.63) is 39.9 Å². The first kappa shape index (κ1) is 21.0. The smallest absolute Gasteiger partial charge is 0.543 e. The largest absolute Gasteiger partial charge is 1.00 e. The molecule has 1 saturated heterocycles. The van der Waals surface area contributed by atoms with Gasteiger partial charge in [-0.1, -0.05) is 0 Å². The molecule has 2 amide bonds. The van der Waals surface area contributed by atoms with Crippen molar-refractivity contribution in [1.29, 1.82) is 0 Å². The zero-order chi connectivity index (χ0) is 20.3. The molecule has 0 unspecified atom stereocenters. The van der Waals surface area contributed by atoms with Gasteiger partial charge in [0.25, 0.3) is 5.91 Å². The maximum atomic E-state index is 12.3. The molecule has 150 valence electrons. The average molecular weight is 438 g/mol. The molecular formula is C18H15N4NaO6S. The maximum Gasteiger partial charge on any atom is 1.00 e. The molecule has 0 bridgehead atoms. The van der Waals surface area contributed by atoms with E-state index in [2.05, 4.69) is 5.10 Å². The number of β-lactam (4-membered cyclic amide) rings is 1. The topological polar surface area (TPSA) is 120 Å². The predicted molar refractivity (Wildman–Crippen MR) is 97.9 cm³/mol. The van der Waals surface area contributed by atoms with E-state index in [1.807, 2.05) is 0 Å². The van der Waals surface area contributed by atoms with Crippen molar-refractivity contribution in [3.8, 4) is 0 Å². The Bertz CT molecular complexity index is 1140. The van der Waals surface area contributed by atoms with Crippen LogP contribution in [0.4, 0.5) is 4.79 Å². The van der Waals surface area contributed by atoms with Crippen molar-refractivity contribution in [3.63, 3.8) is 0 Å². The standard InChI is InChI=1S/C18H16N4O6S.Na/c1-2-27-18(26)20-4-3-11-13(7-20)28-14-6-9(19-22(11)14)5-10-15(23)21-12(17(24)25)8-29-16(10)21;/h5-6,8,16H,2-4,7H2,1H3,(H,24,25);/q;+1/p-1/b10-5-;/t16-;/m1./s1. The summed E-state index contributed by atoms with van der Waals surface area (Å²) in [6.07, 6.45) is 1.85. The van der Waals surface area contributed by atoms with E-state index in [0.717, 1.165) is 5.69 Å². The Labute approximate surface area is 196 Å². The van der Waals surface area contributed by atoms with Crippen molar-refractivity contribution < 1.29 is 58.2 Å². The predicted octanol–water partition coefficient (Wildman–Crippen LogP) is -2.66. The summed E-state index contributed by atoms with van der Waals surface area (Å²) in [6.45, 7) is 2.89. The molecule has 3 aliphatic heterocycles. The van der Waals surface area contributed by atoms with Crippen LogP contribution >= 0.6 is 11.8 Å². The summed E-state index contributed by atoms with van der Waals surface area (Å²) in [7, 11) is 0. The number of fused-ring (bicyclic) bond motifs is 4. The summed E-state index contributed by atoms with van der Waals surface area (Å²) < 4.78 is 12.6. The van der Waals surface area contributed by atoms with Gasteiger partial charge in [-0.2, -0.15) is 5.10 Å². The summed E-state index contributed by atoms with van der Waals surface area (Å²) in [4.78, 5) is 38.1. The molecule has 0 N–H and O–H groups in total. The molecule has 0 radical (unpaired) electrons. The minimum absolute atomic E-state index is 0. The Balaban J connectivity index is 0.00000218. The second kappa shape index (κ2) is 7.80. The van der Waals surface area contributed by atoms with Gasteiger partial charge in [0.1, 0.15) is 11.1 Å². The van der Waals surface area contributed by atoms with E-state index in [9.17, 15) is 19.5 Å². The summed E-state index contributed by atoms with van der Waals surface area (Å²) >= 11 is 1.24. The van der Waals surface area contributed by atoms with Gasteiger partial charge in [0.15, 0.2) is 0 Å². The van der Waals surface area contributed by atoms with Crippen molar-refractivity contribution in [2.24, 2.45) is 0 Å². The first-order valence-electron chi connectivity index (χ1n) is 9.02.